The zero-order chi connectivity index (χ0) is 15.8. The van der Waals surface area contributed by atoms with E-state index in [1.54, 1.807) is 5.32 Å². The summed E-state index contributed by atoms with van der Waals surface area (Å²) in [6.07, 6.45) is -4.74. The fourth-order valence-corrected chi connectivity index (χ4v) is 2.02. The molecule has 114 valence electrons. The summed E-state index contributed by atoms with van der Waals surface area (Å²) in [5.41, 5.74) is -0.315. The molecule has 0 aromatic heterocycles. The summed E-state index contributed by atoms with van der Waals surface area (Å²) >= 11 is 0. The molecule has 4 nitrogen and oxygen atoms in total. The summed E-state index contributed by atoms with van der Waals surface area (Å²) in [4.78, 5) is 22.3. The molecule has 1 aliphatic rings. The van der Waals surface area contributed by atoms with Crippen molar-refractivity contribution in [1.82, 2.24) is 5.32 Å². The van der Waals surface area contributed by atoms with Crippen LogP contribution >= 0.6 is 0 Å². The first-order valence-electron chi connectivity index (χ1n) is 6.05. The minimum absolute atomic E-state index is 0.0230. The number of hydrogen-bond acceptors (Lipinski definition) is 2. The number of carboxylic acids is 1. The first-order chi connectivity index (χ1) is 9.70. The van der Waals surface area contributed by atoms with Gasteiger partial charge in [0.05, 0.1) is 11.8 Å². The number of carboxylic acid groups (broad SMARTS) is 1. The molecule has 0 aliphatic heterocycles. The van der Waals surface area contributed by atoms with Gasteiger partial charge in [0.2, 0.25) is 5.91 Å². The Balaban J connectivity index is 2.13. The zero-order valence-electron chi connectivity index (χ0n) is 10.5. The summed E-state index contributed by atoms with van der Waals surface area (Å²) < 4.78 is 51.7. The van der Waals surface area contributed by atoms with Gasteiger partial charge in [0, 0.05) is 0 Å². The highest BCUT2D eigenvalue weighted by molar-refractivity contribution is 5.89. The van der Waals surface area contributed by atoms with Gasteiger partial charge in [-0.25, -0.2) is 4.39 Å². The first kappa shape index (κ1) is 15.3. The lowest BCUT2D eigenvalue weighted by Gasteiger charge is -2.22. The second kappa shape index (κ2) is 5.34. The highest BCUT2D eigenvalue weighted by Gasteiger charge is 2.51. The lowest BCUT2D eigenvalue weighted by atomic mass is 10.1. The van der Waals surface area contributed by atoms with Gasteiger partial charge in [-0.05, 0) is 24.1 Å². The van der Waals surface area contributed by atoms with Crippen molar-refractivity contribution < 1.29 is 32.3 Å². The molecule has 0 heterocycles. The molecule has 3 atom stereocenters. The van der Waals surface area contributed by atoms with E-state index in [9.17, 15) is 27.2 Å². The number of alkyl halides is 3. The van der Waals surface area contributed by atoms with E-state index in [1.807, 2.05) is 0 Å². The van der Waals surface area contributed by atoms with E-state index in [0.29, 0.717) is 0 Å². The van der Waals surface area contributed by atoms with Crippen LogP contribution in [0.25, 0.3) is 0 Å². The summed E-state index contributed by atoms with van der Waals surface area (Å²) in [6, 6.07) is 1.28. The van der Waals surface area contributed by atoms with Gasteiger partial charge in [0.15, 0.2) is 6.04 Å². The van der Waals surface area contributed by atoms with E-state index in [1.165, 1.54) is 0 Å². The Morgan fingerprint density at radius 3 is 2.19 bits per heavy atom. The Hall–Kier alpha value is -2.12. The molecule has 1 aliphatic carbocycles. The van der Waals surface area contributed by atoms with E-state index < -0.39 is 41.7 Å². The Kier molecular flexibility index (Phi) is 3.89. The van der Waals surface area contributed by atoms with Crippen molar-refractivity contribution >= 4 is 11.9 Å². The first-order valence-corrected chi connectivity index (χ1v) is 6.05. The lowest BCUT2D eigenvalue weighted by Crippen LogP contribution is -2.39. The molecule has 8 heteroatoms. The molecule has 1 saturated carbocycles. The lowest BCUT2D eigenvalue weighted by molar-refractivity contribution is -0.164. The van der Waals surface area contributed by atoms with Crippen LogP contribution in [-0.2, 0) is 9.59 Å². The van der Waals surface area contributed by atoms with Crippen LogP contribution in [0.15, 0.2) is 24.3 Å². The predicted octanol–water partition coefficient (Wildman–Crippen LogP) is 2.27. The molecule has 2 N–H and O–H groups in total. The minimum Gasteiger partial charge on any atom is -0.481 e. The molecule has 0 unspecified atom stereocenters. The quantitative estimate of drug-likeness (QED) is 0.839. The number of rotatable bonds is 4. The number of halogens is 4. The van der Waals surface area contributed by atoms with Gasteiger partial charge in [-0.3, -0.25) is 9.59 Å². The molecule has 21 heavy (non-hydrogen) atoms. The van der Waals surface area contributed by atoms with Crippen molar-refractivity contribution in [3.63, 3.8) is 0 Å². The molecular weight excluding hydrogens is 294 g/mol. The van der Waals surface area contributed by atoms with Crippen LogP contribution in [0.2, 0.25) is 0 Å². The van der Waals surface area contributed by atoms with Crippen LogP contribution in [0.4, 0.5) is 17.6 Å². The van der Waals surface area contributed by atoms with Crippen molar-refractivity contribution in [2.24, 2.45) is 11.8 Å². The van der Waals surface area contributed by atoms with Crippen LogP contribution in [-0.4, -0.2) is 23.2 Å². The van der Waals surface area contributed by atoms with Gasteiger partial charge in [0.25, 0.3) is 0 Å². The Morgan fingerprint density at radius 1 is 1.19 bits per heavy atom. The van der Waals surface area contributed by atoms with Crippen LogP contribution in [0.3, 0.4) is 0 Å². The molecular formula is C13H11F4NO3. The van der Waals surface area contributed by atoms with Gasteiger partial charge < -0.3 is 10.4 Å². The van der Waals surface area contributed by atoms with Gasteiger partial charge in [-0.1, -0.05) is 12.1 Å². The third kappa shape index (κ3) is 3.50. The topological polar surface area (TPSA) is 66.4 Å². The van der Waals surface area contributed by atoms with E-state index >= 15 is 0 Å². The third-order valence-corrected chi connectivity index (χ3v) is 3.26. The second-order valence-electron chi connectivity index (χ2n) is 4.82. The number of amides is 1. The Bertz CT molecular complexity index is 556. The monoisotopic (exact) mass is 305 g/mol. The average Bonchev–Trinajstić information content (AvgIpc) is 3.16. The van der Waals surface area contributed by atoms with Crippen molar-refractivity contribution in [2.45, 2.75) is 18.6 Å². The third-order valence-electron chi connectivity index (χ3n) is 3.26. The standard InChI is InChI=1S/C13H11F4NO3/c14-7-3-1-6(2-4-7)10(13(15,16)17)18-11(19)8-5-9(8)12(20)21/h1-4,8-10H,5H2,(H,18,19)(H,20,21)/t8-,9-,10-/m1/s1. The fourth-order valence-electron chi connectivity index (χ4n) is 2.02. The number of carbonyl (C=O) groups is 2. The maximum Gasteiger partial charge on any atom is 0.412 e. The van der Waals surface area contributed by atoms with Gasteiger partial charge in [-0.15, -0.1) is 0 Å². The van der Waals surface area contributed by atoms with Crippen molar-refractivity contribution in [3.8, 4) is 0 Å². The van der Waals surface area contributed by atoms with E-state index in [-0.39, 0.29) is 12.0 Å². The molecule has 2 rings (SSSR count). The second-order valence-corrected chi connectivity index (χ2v) is 4.82. The van der Waals surface area contributed by atoms with Crippen LogP contribution in [0, 0.1) is 17.7 Å². The van der Waals surface area contributed by atoms with Crippen LogP contribution in [0.1, 0.15) is 18.0 Å². The molecule has 1 aromatic carbocycles. The maximum absolute atomic E-state index is 13.0. The summed E-state index contributed by atoms with van der Waals surface area (Å²) in [7, 11) is 0. The normalized spacial score (nSPS) is 22.5. The molecule has 0 spiro atoms. The van der Waals surface area contributed by atoms with Gasteiger partial charge in [0.1, 0.15) is 5.82 Å². The predicted molar refractivity (Wildman–Crippen MR) is 62.6 cm³/mol. The number of hydrogen-bond donors (Lipinski definition) is 2. The number of benzene rings is 1. The molecule has 0 saturated heterocycles. The highest BCUT2D eigenvalue weighted by Crippen LogP contribution is 2.40. The zero-order valence-corrected chi connectivity index (χ0v) is 10.5. The smallest absolute Gasteiger partial charge is 0.412 e. The molecule has 1 fully saturated rings. The number of carbonyl (C=O) groups excluding carboxylic acids is 1. The van der Waals surface area contributed by atoms with E-state index in [0.717, 1.165) is 24.3 Å². The number of nitrogens with one attached hydrogen (secondary N) is 1. The van der Waals surface area contributed by atoms with E-state index in [2.05, 4.69) is 0 Å². The Morgan fingerprint density at radius 2 is 1.76 bits per heavy atom. The molecule has 0 bridgehead atoms. The SMILES string of the molecule is O=C(O)[C@@H]1C[C@H]1C(=O)N[C@H](c1ccc(F)cc1)C(F)(F)F. The fraction of sp³-hybridized carbons (Fsp3) is 0.385. The Labute approximate surface area is 116 Å². The largest absolute Gasteiger partial charge is 0.481 e. The van der Waals surface area contributed by atoms with Gasteiger partial charge in [-0.2, -0.15) is 13.2 Å². The van der Waals surface area contributed by atoms with Crippen LogP contribution in [0.5, 0.6) is 0 Å². The van der Waals surface area contributed by atoms with Crippen molar-refractivity contribution in [1.29, 1.82) is 0 Å². The average molecular weight is 305 g/mol. The summed E-state index contributed by atoms with van der Waals surface area (Å²) in [5, 5.41) is 10.5. The van der Waals surface area contributed by atoms with E-state index in [4.69, 9.17) is 5.11 Å². The minimum atomic E-state index is -4.76. The number of aliphatic carboxylic acids is 1. The van der Waals surface area contributed by atoms with Crippen molar-refractivity contribution in [2.75, 3.05) is 0 Å². The molecule has 1 amide bonds. The maximum atomic E-state index is 13.0. The summed E-state index contributed by atoms with van der Waals surface area (Å²) in [6.45, 7) is 0. The van der Waals surface area contributed by atoms with Gasteiger partial charge >= 0.3 is 12.1 Å². The van der Waals surface area contributed by atoms with Crippen molar-refractivity contribution in [3.05, 3.63) is 35.6 Å². The summed E-state index contributed by atoms with van der Waals surface area (Å²) in [5.74, 6) is -4.76. The van der Waals surface area contributed by atoms with Crippen LogP contribution < -0.4 is 5.32 Å². The molecule has 1 aromatic rings. The highest BCUT2D eigenvalue weighted by atomic mass is 19.4. The molecule has 0 radical (unpaired) electrons.